The van der Waals surface area contributed by atoms with E-state index >= 15 is 0 Å². The lowest BCUT2D eigenvalue weighted by molar-refractivity contribution is 0.0740. The first-order valence-corrected chi connectivity index (χ1v) is 9.00. The standard InChI is InChI=1S/C18H25N7O/c1-4-13(2)21-16-12-15(22-14(3)23-16)17(26)24-8-10-25(11-9-24)18-19-6-5-7-20-18/h5-7,12-13H,4,8-11H2,1-3H3,(H,21,22,23). The first-order valence-electron chi connectivity index (χ1n) is 9.00. The average molecular weight is 355 g/mol. The molecule has 1 unspecified atom stereocenters. The Morgan fingerprint density at radius 1 is 1.19 bits per heavy atom. The van der Waals surface area contributed by atoms with Crippen LogP contribution < -0.4 is 10.2 Å². The van der Waals surface area contributed by atoms with Gasteiger partial charge in [0.05, 0.1) is 0 Å². The molecule has 1 aliphatic rings. The number of amides is 1. The molecule has 1 N–H and O–H groups in total. The minimum Gasteiger partial charge on any atom is -0.368 e. The second-order valence-corrected chi connectivity index (χ2v) is 6.47. The minimum atomic E-state index is -0.0590. The summed E-state index contributed by atoms with van der Waals surface area (Å²) in [6.07, 6.45) is 4.44. The van der Waals surface area contributed by atoms with E-state index in [4.69, 9.17) is 0 Å². The van der Waals surface area contributed by atoms with Gasteiger partial charge in [-0.15, -0.1) is 0 Å². The SMILES string of the molecule is CCC(C)Nc1cc(C(=O)N2CCN(c3ncccn3)CC2)nc(C)n1. The lowest BCUT2D eigenvalue weighted by Gasteiger charge is -2.34. The molecule has 0 saturated carbocycles. The van der Waals surface area contributed by atoms with Crippen LogP contribution in [0.3, 0.4) is 0 Å². The zero-order valence-electron chi connectivity index (χ0n) is 15.5. The molecule has 0 aromatic carbocycles. The Hall–Kier alpha value is -2.77. The number of anilines is 2. The fourth-order valence-electron chi connectivity index (χ4n) is 2.83. The van der Waals surface area contributed by atoms with Crippen molar-refractivity contribution in [1.29, 1.82) is 0 Å². The van der Waals surface area contributed by atoms with E-state index in [1.165, 1.54) is 0 Å². The van der Waals surface area contributed by atoms with Crippen molar-refractivity contribution in [3.05, 3.63) is 36.0 Å². The van der Waals surface area contributed by atoms with Crippen LogP contribution in [0, 0.1) is 6.92 Å². The van der Waals surface area contributed by atoms with Gasteiger partial charge in [-0.3, -0.25) is 4.79 Å². The molecule has 1 aliphatic heterocycles. The summed E-state index contributed by atoms with van der Waals surface area (Å²) in [5.41, 5.74) is 0.438. The average Bonchev–Trinajstić information content (AvgIpc) is 2.67. The van der Waals surface area contributed by atoms with Gasteiger partial charge >= 0.3 is 0 Å². The van der Waals surface area contributed by atoms with Gasteiger partial charge in [-0.05, 0) is 26.3 Å². The Labute approximate surface area is 153 Å². The van der Waals surface area contributed by atoms with Gasteiger partial charge in [0.1, 0.15) is 17.3 Å². The monoisotopic (exact) mass is 355 g/mol. The summed E-state index contributed by atoms with van der Waals surface area (Å²) in [6, 6.07) is 3.83. The quantitative estimate of drug-likeness (QED) is 0.874. The Morgan fingerprint density at radius 2 is 1.88 bits per heavy atom. The summed E-state index contributed by atoms with van der Waals surface area (Å²) in [6.45, 7) is 8.65. The largest absolute Gasteiger partial charge is 0.368 e. The van der Waals surface area contributed by atoms with Gasteiger partial charge in [0.25, 0.3) is 5.91 Å². The fraction of sp³-hybridized carbons (Fsp3) is 0.500. The highest BCUT2D eigenvalue weighted by Gasteiger charge is 2.24. The van der Waals surface area contributed by atoms with Crippen LogP contribution >= 0.6 is 0 Å². The first-order chi connectivity index (χ1) is 12.6. The highest BCUT2D eigenvalue weighted by atomic mass is 16.2. The summed E-state index contributed by atoms with van der Waals surface area (Å²) in [7, 11) is 0. The van der Waals surface area contributed by atoms with E-state index in [9.17, 15) is 4.79 Å². The van der Waals surface area contributed by atoms with Crippen LogP contribution in [0.1, 0.15) is 36.6 Å². The summed E-state index contributed by atoms with van der Waals surface area (Å²) >= 11 is 0. The van der Waals surface area contributed by atoms with Crippen molar-refractivity contribution in [2.45, 2.75) is 33.2 Å². The Balaban J connectivity index is 1.66. The van der Waals surface area contributed by atoms with E-state index in [0.717, 1.165) is 6.42 Å². The van der Waals surface area contributed by atoms with Gasteiger partial charge < -0.3 is 15.1 Å². The summed E-state index contributed by atoms with van der Waals surface area (Å²) in [5.74, 6) is 1.94. The number of rotatable bonds is 5. The number of carbonyl (C=O) groups is 1. The number of piperazine rings is 1. The molecular weight excluding hydrogens is 330 g/mol. The molecule has 8 heteroatoms. The van der Waals surface area contributed by atoms with Crippen LogP contribution in [0.2, 0.25) is 0 Å². The molecule has 8 nitrogen and oxygen atoms in total. The van der Waals surface area contributed by atoms with E-state index in [0.29, 0.717) is 55.5 Å². The van der Waals surface area contributed by atoms with E-state index in [1.807, 2.05) is 11.8 Å². The fourth-order valence-corrected chi connectivity index (χ4v) is 2.83. The molecule has 1 atom stereocenters. The molecule has 2 aromatic heterocycles. The topological polar surface area (TPSA) is 87.1 Å². The molecular formula is C18H25N7O. The Morgan fingerprint density at radius 3 is 2.54 bits per heavy atom. The van der Waals surface area contributed by atoms with Crippen molar-refractivity contribution in [3.63, 3.8) is 0 Å². The van der Waals surface area contributed by atoms with Gasteiger partial charge in [0, 0.05) is 50.7 Å². The van der Waals surface area contributed by atoms with E-state index in [2.05, 4.69) is 44.0 Å². The molecule has 1 fully saturated rings. The Bertz CT molecular complexity index is 744. The molecule has 0 aliphatic carbocycles. The normalized spacial score (nSPS) is 15.7. The van der Waals surface area contributed by atoms with Gasteiger partial charge in [0.2, 0.25) is 5.95 Å². The van der Waals surface area contributed by atoms with Crippen molar-refractivity contribution < 1.29 is 4.79 Å². The number of carbonyl (C=O) groups excluding carboxylic acids is 1. The van der Waals surface area contributed by atoms with Crippen LogP contribution in [0.15, 0.2) is 24.5 Å². The predicted octanol–water partition coefficient (Wildman–Crippen LogP) is 1.75. The van der Waals surface area contributed by atoms with Crippen LogP contribution in [-0.4, -0.2) is 63.0 Å². The summed E-state index contributed by atoms with van der Waals surface area (Å²) in [4.78, 5) is 34.0. The number of hydrogen-bond acceptors (Lipinski definition) is 7. The van der Waals surface area contributed by atoms with Crippen LogP contribution in [0.4, 0.5) is 11.8 Å². The molecule has 2 aromatic rings. The maximum absolute atomic E-state index is 12.9. The zero-order chi connectivity index (χ0) is 18.5. The van der Waals surface area contributed by atoms with Crippen molar-refractivity contribution in [2.75, 3.05) is 36.4 Å². The first kappa shape index (κ1) is 18.0. The third kappa shape index (κ3) is 4.25. The maximum Gasteiger partial charge on any atom is 0.272 e. The van der Waals surface area contributed by atoms with Crippen molar-refractivity contribution in [3.8, 4) is 0 Å². The second-order valence-electron chi connectivity index (χ2n) is 6.47. The van der Waals surface area contributed by atoms with E-state index in [1.54, 1.807) is 24.5 Å². The molecule has 138 valence electrons. The Kier molecular flexibility index (Phi) is 5.60. The number of nitrogens with zero attached hydrogens (tertiary/aromatic N) is 6. The molecule has 3 rings (SSSR count). The third-order valence-electron chi connectivity index (χ3n) is 4.47. The highest BCUT2D eigenvalue weighted by molar-refractivity contribution is 5.93. The lowest BCUT2D eigenvalue weighted by Crippen LogP contribution is -2.49. The number of hydrogen-bond donors (Lipinski definition) is 1. The number of aromatic nitrogens is 4. The van der Waals surface area contributed by atoms with Gasteiger partial charge in [-0.1, -0.05) is 6.92 Å². The van der Waals surface area contributed by atoms with E-state index in [-0.39, 0.29) is 5.91 Å². The molecule has 3 heterocycles. The zero-order valence-corrected chi connectivity index (χ0v) is 15.5. The lowest BCUT2D eigenvalue weighted by atomic mass is 10.2. The molecule has 1 saturated heterocycles. The summed E-state index contributed by atoms with van der Waals surface area (Å²) < 4.78 is 0. The van der Waals surface area contributed by atoms with Crippen LogP contribution in [0.5, 0.6) is 0 Å². The van der Waals surface area contributed by atoms with Crippen molar-refractivity contribution >= 4 is 17.7 Å². The third-order valence-corrected chi connectivity index (χ3v) is 4.47. The molecule has 0 radical (unpaired) electrons. The number of aryl methyl sites for hydroxylation is 1. The molecule has 0 bridgehead atoms. The molecule has 0 spiro atoms. The smallest absolute Gasteiger partial charge is 0.272 e. The van der Waals surface area contributed by atoms with E-state index < -0.39 is 0 Å². The van der Waals surface area contributed by atoms with Crippen LogP contribution in [-0.2, 0) is 0 Å². The highest BCUT2D eigenvalue weighted by Crippen LogP contribution is 2.14. The van der Waals surface area contributed by atoms with Gasteiger partial charge in [0.15, 0.2) is 0 Å². The number of nitrogens with one attached hydrogen (secondary N) is 1. The van der Waals surface area contributed by atoms with Gasteiger partial charge in [-0.25, -0.2) is 19.9 Å². The van der Waals surface area contributed by atoms with Crippen molar-refractivity contribution in [1.82, 2.24) is 24.8 Å². The minimum absolute atomic E-state index is 0.0590. The maximum atomic E-state index is 12.9. The molecule has 1 amide bonds. The summed E-state index contributed by atoms with van der Waals surface area (Å²) in [5, 5.41) is 3.31. The predicted molar refractivity (Wildman–Crippen MR) is 100 cm³/mol. The van der Waals surface area contributed by atoms with Gasteiger partial charge in [-0.2, -0.15) is 0 Å². The second kappa shape index (κ2) is 8.07. The molecule has 26 heavy (non-hydrogen) atoms. The van der Waals surface area contributed by atoms with Crippen molar-refractivity contribution in [2.24, 2.45) is 0 Å². The van der Waals surface area contributed by atoms with Crippen LogP contribution in [0.25, 0.3) is 0 Å².